The lowest BCUT2D eigenvalue weighted by atomic mass is 10.0. The van der Waals surface area contributed by atoms with Crippen molar-refractivity contribution >= 4 is 0 Å². The standard InChI is InChI=1S/C16H19N3/c17-10-4-6-14(12-18)13-19-11-5-9-16(19)15-7-2-1-3-8-15/h1-3,7-8,14,16H,4-6,9,11,13H2/t14-,16+/m1/s1. The van der Waals surface area contributed by atoms with Gasteiger partial charge in [0.05, 0.1) is 18.1 Å². The topological polar surface area (TPSA) is 50.8 Å². The first kappa shape index (κ1) is 13.6. The summed E-state index contributed by atoms with van der Waals surface area (Å²) in [6.07, 6.45) is 3.52. The van der Waals surface area contributed by atoms with E-state index in [9.17, 15) is 5.26 Å². The van der Waals surface area contributed by atoms with Crippen LogP contribution in [0, 0.1) is 28.6 Å². The smallest absolute Gasteiger partial charge is 0.0669 e. The summed E-state index contributed by atoms with van der Waals surface area (Å²) < 4.78 is 0. The van der Waals surface area contributed by atoms with Crippen LogP contribution in [0.15, 0.2) is 30.3 Å². The van der Waals surface area contributed by atoms with E-state index in [1.807, 2.05) is 6.07 Å². The van der Waals surface area contributed by atoms with Crippen LogP contribution in [0.2, 0.25) is 0 Å². The quantitative estimate of drug-likeness (QED) is 0.809. The summed E-state index contributed by atoms with van der Waals surface area (Å²) >= 11 is 0. The van der Waals surface area contributed by atoms with Gasteiger partial charge in [0.15, 0.2) is 0 Å². The zero-order valence-electron chi connectivity index (χ0n) is 11.1. The Balaban J connectivity index is 1.99. The Bertz CT molecular complexity index is 469. The largest absolute Gasteiger partial charge is 0.295 e. The zero-order valence-corrected chi connectivity index (χ0v) is 11.1. The molecule has 1 aromatic rings. The van der Waals surface area contributed by atoms with Crippen molar-refractivity contribution in [1.82, 2.24) is 4.90 Å². The Hall–Kier alpha value is -1.84. The number of hydrogen-bond acceptors (Lipinski definition) is 3. The molecule has 0 aromatic heterocycles. The highest BCUT2D eigenvalue weighted by atomic mass is 15.2. The number of likely N-dealkylation sites (tertiary alicyclic amines) is 1. The third kappa shape index (κ3) is 3.56. The van der Waals surface area contributed by atoms with Crippen molar-refractivity contribution in [3.63, 3.8) is 0 Å². The molecule has 1 fully saturated rings. The molecule has 3 heteroatoms. The van der Waals surface area contributed by atoms with E-state index < -0.39 is 0 Å². The molecule has 0 amide bonds. The maximum atomic E-state index is 9.18. The molecule has 98 valence electrons. The molecule has 0 bridgehead atoms. The van der Waals surface area contributed by atoms with Gasteiger partial charge in [0.25, 0.3) is 0 Å². The summed E-state index contributed by atoms with van der Waals surface area (Å²) in [5, 5.41) is 17.8. The second-order valence-electron chi connectivity index (χ2n) is 5.09. The number of benzene rings is 1. The third-order valence-corrected chi connectivity index (χ3v) is 3.79. The van der Waals surface area contributed by atoms with Crippen LogP contribution in [0.1, 0.15) is 37.3 Å². The van der Waals surface area contributed by atoms with Gasteiger partial charge in [-0.15, -0.1) is 0 Å². The summed E-state index contributed by atoms with van der Waals surface area (Å²) in [6, 6.07) is 15.4. The molecule has 1 aliphatic rings. The maximum Gasteiger partial charge on any atom is 0.0669 e. The molecular weight excluding hydrogens is 234 g/mol. The van der Waals surface area contributed by atoms with Crippen LogP contribution in [-0.4, -0.2) is 18.0 Å². The minimum atomic E-state index is -0.0241. The molecule has 1 aromatic carbocycles. The van der Waals surface area contributed by atoms with Gasteiger partial charge in [-0.2, -0.15) is 10.5 Å². The fraction of sp³-hybridized carbons (Fsp3) is 0.500. The average Bonchev–Trinajstić information content (AvgIpc) is 2.92. The number of nitrogens with zero attached hydrogens (tertiary/aromatic N) is 3. The molecule has 2 atom stereocenters. The van der Waals surface area contributed by atoms with E-state index in [2.05, 4.69) is 41.3 Å². The molecule has 1 aliphatic heterocycles. The fourth-order valence-electron chi connectivity index (χ4n) is 2.82. The Morgan fingerprint density at radius 1 is 1.26 bits per heavy atom. The molecule has 1 heterocycles. The lowest BCUT2D eigenvalue weighted by molar-refractivity contribution is 0.231. The van der Waals surface area contributed by atoms with Crippen LogP contribution in [0.5, 0.6) is 0 Å². The van der Waals surface area contributed by atoms with Crippen LogP contribution in [-0.2, 0) is 0 Å². The molecule has 0 saturated carbocycles. The van der Waals surface area contributed by atoms with Crippen molar-refractivity contribution in [2.24, 2.45) is 5.92 Å². The van der Waals surface area contributed by atoms with E-state index in [1.165, 1.54) is 18.4 Å². The highest BCUT2D eigenvalue weighted by Gasteiger charge is 2.27. The first-order chi connectivity index (χ1) is 9.35. The first-order valence-corrected chi connectivity index (χ1v) is 6.90. The highest BCUT2D eigenvalue weighted by molar-refractivity contribution is 5.20. The van der Waals surface area contributed by atoms with Gasteiger partial charge >= 0.3 is 0 Å². The molecular formula is C16H19N3. The zero-order chi connectivity index (χ0) is 13.5. The van der Waals surface area contributed by atoms with Gasteiger partial charge in [0.2, 0.25) is 0 Å². The summed E-state index contributed by atoms with van der Waals surface area (Å²) in [7, 11) is 0. The van der Waals surface area contributed by atoms with Gasteiger partial charge in [-0.05, 0) is 31.4 Å². The van der Waals surface area contributed by atoms with Crippen molar-refractivity contribution in [1.29, 1.82) is 10.5 Å². The minimum absolute atomic E-state index is 0.0241. The molecule has 0 aliphatic carbocycles. The van der Waals surface area contributed by atoms with E-state index in [0.717, 1.165) is 13.1 Å². The van der Waals surface area contributed by atoms with Gasteiger partial charge in [-0.25, -0.2) is 0 Å². The van der Waals surface area contributed by atoms with E-state index in [0.29, 0.717) is 18.9 Å². The average molecular weight is 253 g/mol. The molecule has 0 N–H and O–H groups in total. The van der Waals surface area contributed by atoms with Crippen molar-refractivity contribution in [2.75, 3.05) is 13.1 Å². The predicted octanol–water partition coefficient (Wildman–Crippen LogP) is 3.27. The third-order valence-electron chi connectivity index (χ3n) is 3.79. The van der Waals surface area contributed by atoms with Gasteiger partial charge in [0, 0.05) is 19.0 Å². The molecule has 19 heavy (non-hydrogen) atoms. The minimum Gasteiger partial charge on any atom is -0.295 e. The predicted molar refractivity (Wildman–Crippen MR) is 73.9 cm³/mol. The number of hydrogen-bond donors (Lipinski definition) is 0. The number of rotatable bonds is 5. The molecule has 2 rings (SSSR count). The van der Waals surface area contributed by atoms with Crippen molar-refractivity contribution in [3.8, 4) is 12.1 Å². The first-order valence-electron chi connectivity index (χ1n) is 6.90. The molecule has 3 nitrogen and oxygen atoms in total. The Labute approximate surface area is 115 Å². The van der Waals surface area contributed by atoms with Crippen LogP contribution in [0.4, 0.5) is 0 Å². The second-order valence-corrected chi connectivity index (χ2v) is 5.09. The highest BCUT2D eigenvalue weighted by Crippen LogP contribution is 2.32. The van der Waals surface area contributed by atoms with Gasteiger partial charge in [-0.3, -0.25) is 4.90 Å². The van der Waals surface area contributed by atoms with Crippen molar-refractivity contribution < 1.29 is 0 Å². The Morgan fingerprint density at radius 3 is 2.74 bits per heavy atom. The van der Waals surface area contributed by atoms with Gasteiger partial charge in [-0.1, -0.05) is 30.3 Å². The van der Waals surface area contributed by atoms with Gasteiger partial charge < -0.3 is 0 Å². The summed E-state index contributed by atoms with van der Waals surface area (Å²) in [6.45, 7) is 1.85. The molecule has 0 radical (unpaired) electrons. The lowest BCUT2D eigenvalue weighted by Crippen LogP contribution is -2.28. The van der Waals surface area contributed by atoms with E-state index in [1.54, 1.807) is 0 Å². The van der Waals surface area contributed by atoms with Crippen LogP contribution in [0.3, 0.4) is 0 Å². The normalized spacial score (nSPS) is 20.6. The Kier molecular flexibility index (Phi) is 4.95. The number of nitriles is 2. The van der Waals surface area contributed by atoms with Gasteiger partial charge in [0.1, 0.15) is 0 Å². The molecule has 1 saturated heterocycles. The van der Waals surface area contributed by atoms with Crippen LogP contribution < -0.4 is 0 Å². The summed E-state index contributed by atoms with van der Waals surface area (Å²) in [5.74, 6) is -0.0241. The monoisotopic (exact) mass is 253 g/mol. The molecule has 0 spiro atoms. The van der Waals surface area contributed by atoms with Crippen molar-refractivity contribution in [3.05, 3.63) is 35.9 Å². The summed E-state index contributed by atoms with van der Waals surface area (Å²) in [5.41, 5.74) is 1.34. The fourth-order valence-corrected chi connectivity index (χ4v) is 2.82. The maximum absolute atomic E-state index is 9.18. The van der Waals surface area contributed by atoms with Crippen molar-refractivity contribution in [2.45, 2.75) is 31.7 Å². The summed E-state index contributed by atoms with van der Waals surface area (Å²) in [4.78, 5) is 2.40. The van der Waals surface area contributed by atoms with E-state index in [4.69, 9.17) is 5.26 Å². The van der Waals surface area contributed by atoms with Crippen LogP contribution in [0.25, 0.3) is 0 Å². The SMILES string of the molecule is N#CCC[C@H](C#N)CN1CCC[C@H]1c1ccccc1. The van der Waals surface area contributed by atoms with Crippen LogP contribution >= 0.6 is 0 Å². The van der Waals surface area contributed by atoms with E-state index >= 15 is 0 Å². The van der Waals surface area contributed by atoms with E-state index in [-0.39, 0.29) is 5.92 Å². The lowest BCUT2D eigenvalue weighted by Gasteiger charge is -2.26. The Morgan fingerprint density at radius 2 is 2.05 bits per heavy atom. The molecule has 0 unspecified atom stereocenters. The second kappa shape index (κ2) is 6.92.